The minimum Gasteiger partial charge on any atom is -0.394 e. The van der Waals surface area contributed by atoms with Crippen molar-refractivity contribution in [2.75, 3.05) is 17.2 Å². The maximum atomic E-state index is 14.6. The van der Waals surface area contributed by atoms with Gasteiger partial charge < -0.3 is 20.6 Å². The van der Waals surface area contributed by atoms with E-state index in [4.69, 9.17) is 0 Å². The van der Waals surface area contributed by atoms with E-state index in [0.717, 1.165) is 22.8 Å². The van der Waals surface area contributed by atoms with E-state index < -0.39 is 28.7 Å². The molecule has 0 saturated carbocycles. The minimum atomic E-state index is -0.881. The molecule has 7 rings (SSSR count). The van der Waals surface area contributed by atoms with E-state index in [1.807, 2.05) is 103 Å². The zero-order chi connectivity index (χ0) is 29.7. The molecule has 7 nitrogen and oxygen atoms in total. The summed E-state index contributed by atoms with van der Waals surface area (Å²) in [4.78, 5) is 44.6. The summed E-state index contributed by atoms with van der Waals surface area (Å²) in [5.41, 5.74) is 2.06. The van der Waals surface area contributed by atoms with Crippen LogP contribution in [0, 0.1) is 17.8 Å². The Kier molecular flexibility index (Phi) is 6.98. The first-order chi connectivity index (χ1) is 20.9. The first kappa shape index (κ1) is 27.7. The molecular weight excluding hydrogens is 558 g/mol. The number of carbonyl (C=O) groups excluding carboxylic acids is 3. The number of nitrogens with one attached hydrogen (secondary N) is 2. The third-order valence-electron chi connectivity index (χ3n) is 9.49. The molecule has 8 heteroatoms. The SMILES string of the molecule is CC1C[C@@H]2SC13C(C(=O)Nc1ccc4ccccc4c1)N([C@H](CO)c1ccccc1)C(=O)[C@@H]3[C@@H]2C(=O)Nc1ccccc1. The van der Waals surface area contributed by atoms with Crippen molar-refractivity contribution in [1.29, 1.82) is 0 Å². The molecule has 0 aliphatic carbocycles. The van der Waals surface area contributed by atoms with Crippen LogP contribution in [0.4, 0.5) is 11.4 Å². The van der Waals surface area contributed by atoms with Gasteiger partial charge in [0.05, 0.1) is 29.2 Å². The summed E-state index contributed by atoms with van der Waals surface area (Å²) in [6, 6.07) is 30.7. The van der Waals surface area contributed by atoms with Crippen LogP contribution >= 0.6 is 11.8 Å². The van der Waals surface area contributed by atoms with Crippen molar-refractivity contribution in [3.63, 3.8) is 0 Å². The summed E-state index contributed by atoms with van der Waals surface area (Å²) in [6.07, 6.45) is 0.726. The number of para-hydroxylation sites is 1. The van der Waals surface area contributed by atoms with Crippen LogP contribution in [0.2, 0.25) is 0 Å². The lowest BCUT2D eigenvalue weighted by molar-refractivity contribution is -0.141. The van der Waals surface area contributed by atoms with Crippen molar-refractivity contribution in [3.05, 3.63) is 109 Å². The fourth-order valence-corrected chi connectivity index (χ4v) is 10.1. The molecule has 0 aromatic heterocycles. The van der Waals surface area contributed by atoms with Gasteiger partial charge in [-0.15, -0.1) is 11.8 Å². The minimum absolute atomic E-state index is 0.00435. The Labute approximate surface area is 254 Å². The number of rotatable bonds is 7. The number of carbonyl (C=O) groups is 3. The molecular formula is C35H33N3O4S. The number of benzene rings is 4. The van der Waals surface area contributed by atoms with Crippen LogP contribution < -0.4 is 10.6 Å². The molecule has 3 unspecified atom stereocenters. The maximum Gasteiger partial charge on any atom is 0.248 e. The van der Waals surface area contributed by atoms with Gasteiger partial charge in [-0.2, -0.15) is 0 Å². The predicted octanol–water partition coefficient (Wildman–Crippen LogP) is 5.49. The molecule has 3 saturated heterocycles. The zero-order valence-corrected chi connectivity index (χ0v) is 24.5. The third kappa shape index (κ3) is 4.43. The molecule has 7 atom stereocenters. The molecule has 3 aliphatic rings. The van der Waals surface area contributed by atoms with Crippen molar-refractivity contribution < 1.29 is 19.5 Å². The second-order valence-electron chi connectivity index (χ2n) is 11.8. The van der Waals surface area contributed by atoms with Gasteiger partial charge in [-0.3, -0.25) is 14.4 Å². The lowest BCUT2D eigenvalue weighted by Crippen LogP contribution is -2.55. The summed E-state index contributed by atoms with van der Waals surface area (Å²) >= 11 is 1.62. The highest BCUT2D eigenvalue weighted by molar-refractivity contribution is 8.02. The number of aliphatic hydroxyl groups is 1. The maximum absolute atomic E-state index is 14.6. The second-order valence-corrected chi connectivity index (χ2v) is 13.4. The van der Waals surface area contributed by atoms with Gasteiger partial charge in [0.2, 0.25) is 17.7 Å². The average molecular weight is 592 g/mol. The summed E-state index contributed by atoms with van der Waals surface area (Å²) in [6.45, 7) is 1.75. The Morgan fingerprint density at radius 2 is 1.53 bits per heavy atom. The van der Waals surface area contributed by atoms with E-state index in [2.05, 4.69) is 17.6 Å². The number of likely N-dealkylation sites (tertiary alicyclic amines) is 1. The topological polar surface area (TPSA) is 98.7 Å². The molecule has 3 fully saturated rings. The first-order valence-corrected chi connectivity index (χ1v) is 15.6. The van der Waals surface area contributed by atoms with Crippen molar-refractivity contribution in [1.82, 2.24) is 4.90 Å². The quantitative estimate of drug-likeness (QED) is 0.264. The Bertz CT molecular complexity index is 1700. The van der Waals surface area contributed by atoms with Gasteiger partial charge >= 0.3 is 0 Å². The van der Waals surface area contributed by atoms with Gasteiger partial charge in [0, 0.05) is 16.6 Å². The number of thioether (sulfide) groups is 1. The number of hydrogen-bond acceptors (Lipinski definition) is 5. The first-order valence-electron chi connectivity index (χ1n) is 14.7. The smallest absolute Gasteiger partial charge is 0.248 e. The summed E-state index contributed by atoms with van der Waals surface area (Å²) < 4.78 is -0.816. The molecule has 0 radical (unpaired) electrons. The molecule has 3 amide bonds. The highest BCUT2D eigenvalue weighted by atomic mass is 32.2. The normalized spacial score (nSPS) is 28.1. The lowest BCUT2D eigenvalue weighted by atomic mass is 9.66. The Balaban J connectivity index is 1.30. The Morgan fingerprint density at radius 3 is 2.26 bits per heavy atom. The van der Waals surface area contributed by atoms with E-state index >= 15 is 0 Å². The van der Waals surface area contributed by atoms with Crippen molar-refractivity contribution >= 4 is 51.6 Å². The van der Waals surface area contributed by atoms with Gasteiger partial charge in [-0.1, -0.05) is 85.8 Å². The van der Waals surface area contributed by atoms with E-state index in [1.165, 1.54) is 0 Å². The highest BCUT2D eigenvalue weighted by Crippen LogP contribution is 2.69. The third-order valence-corrected chi connectivity index (χ3v) is 11.6. The van der Waals surface area contributed by atoms with Gasteiger partial charge in [-0.25, -0.2) is 0 Å². The number of anilines is 2. The van der Waals surface area contributed by atoms with E-state index in [0.29, 0.717) is 11.4 Å². The molecule has 3 N–H and O–H groups in total. The van der Waals surface area contributed by atoms with Crippen LogP contribution in [0.5, 0.6) is 0 Å². The molecule has 2 bridgehead atoms. The number of aliphatic hydroxyl groups excluding tert-OH is 1. The van der Waals surface area contributed by atoms with Crippen LogP contribution in [0.3, 0.4) is 0 Å². The Hall–Kier alpha value is -4.14. The second kappa shape index (κ2) is 10.8. The van der Waals surface area contributed by atoms with E-state index in [1.54, 1.807) is 16.7 Å². The monoisotopic (exact) mass is 591 g/mol. The number of nitrogens with zero attached hydrogens (tertiary/aromatic N) is 1. The van der Waals surface area contributed by atoms with Crippen LogP contribution in [-0.4, -0.2) is 50.4 Å². The van der Waals surface area contributed by atoms with Gasteiger partial charge in [-0.05, 0) is 52.9 Å². The molecule has 3 aliphatic heterocycles. The summed E-state index contributed by atoms with van der Waals surface area (Å²) in [5.74, 6) is -2.04. The van der Waals surface area contributed by atoms with Gasteiger partial charge in [0.25, 0.3) is 0 Å². The van der Waals surface area contributed by atoms with Crippen molar-refractivity contribution in [3.8, 4) is 0 Å². The lowest BCUT2D eigenvalue weighted by Gasteiger charge is -2.40. The molecule has 4 aromatic carbocycles. The van der Waals surface area contributed by atoms with Crippen LogP contribution in [-0.2, 0) is 14.4 Å². The van der Waals surface area contributed by atoms with Gasteiger partial charge in [0.15, 0.2) is 0 Å². The average Bonchev–Trinajstić information content (AvgIpc) is 3.62. The van der Waals surface area contributed by atoms with Crippen LogP contribution in [0.15, 0.2) is 103 Å². The highest BCUT2D eigenvalue weighted by Gasteiger charge is 2.76. The molecule has 218 valence electrons. The Morgan fingerprint density at radius 1 is 0.884 bits per heavy atom. The standard InChI is InChI=1S/C35H33N3O4S/c1-21-18-28-29(32(40)36-25-14-6-3-7-15-25)30-34(42)38(27(20-39)23-11-4-2-5-12-23)31(35(21,30)43-28)33(41)37-26-17-16-22-10-8-9-13-24(22)19-26/h2-17,19,21,27-31,39H,18,20H2,1H3,(H,36,40)(H,37,41)/t21?,27-,28+,29-,30+,31?,35?/m1/s1. The molecule has 3 heterocycles. The predicted molar refractivity (Wildman–Crippen MR) is 169 cm³/mol. The van der Waals surface area contributed by atoms with E-state index in [-0.39, 0.29) is 35.5 Å². The molecule has 43 heavy (non-hydrogen) atoms. The number of hydrogen-bond donors (Lipinski definition) is 3. The van der Waals surface area contributed by atoms with Crippen molar-refractivity contribution in [2.45, 2.75) is 35.4 Å². The van der Waals surface area contributed by atoms with Crippen molar-refractivity contribution in [2.24, 2.45) is 17.8 Å². The number of fused-ring (bicyclic) bond motifs is 2. The summed E-state index contributed by atoms with van der Waals surface area (Å²) in [7, 11) is 0. The van der Waals surface area contributed by atoms with Crippen LogP contribution in [0.25, 0.3) is 10.8 Å². The number of amides is 3. The van der Waals surface area contributed by atoms with Crippen LogP contribution in [0.1, 0.15) is 24.9 Å². The zero-order valence-electron chi connectivity index (χ0n) is 23.7. The molecule has 1 spiro atoms. The fourth-order valence-electron chi connectivity index (χ4n) is 7.65. The largest absolute Gasteiger partial charge is 0.394 e. The van der Waals surface area contributed by atoms with Gasteiger partial charge in [0.1, 0.15) is 6.04 Å². The fraction of sp³-hybridized carbons (Fsp3) is 0.286. The molecule has 4 aromatic rings. The van der Waals surface area contributed by atoms with E-state index in [9.17, 15) is 19.5 Å². The summed E-state index contributed by atoms with van der Waals surface area (Å²) in [5, 5.41) is 18.8.